The van der Waals surface area contributed by atoms with E-state index in [0.717, 1.165) is 12.2 Å². The topological polar surface area (TPSA) is 41.1 Å². The minimum absolute atomic E-state index is 0.0473. The maximum Gasteiger partial charge on any atom is 0.221 e. The molecule has 0 aromatic heterocycles. The number of hydrogen-bond acceptors (Lipinski definition) is 2. The lowest BCUT2D eigenvalue weighted by Gasteiger charge is -2.15. The zero-order valence-corrected chi connectivity index (χ0v) is 12.8. The van der Waals surface area contributed by atoms with E-state index >= 15 is 0 Å². The predicted octanol–water partition coefficient (Wildman–Crippen LogP) is 3.80. The molecule has 0 aliphatic carbocycles. The molecule has 0 fully saturated rings. The Balaban J connectivity index is 1.92. The Morgan fingerprint density at radius 2 is 1.86 bits per heavy atom. The lowest BCUT2D eigenvalue weighted by molar-refractivity contribution is -0.114. The molecule has 0 bridgehead atoms. The summed E-state index contributed by atoms with van der Waals surface area (Å²) in [6, 6.07) is 16.8. The van der Waals surface area contributed by atoms with E-state index in [2.05, 4.69) is 48.7 Å². The molecule has 2 aromatic rings. The Morgan fingerprint density at radius 3 is 2.48 bits per heavy atom. The third-order valence-electron chi connectivity index (χ3n) is 3.43. The molecule has 0 heterocycles. The molecule has 2 aromatic carbocycles. The molecule has 2 rings (SSSR count). The van der Waals surface area contributed by atoms with E-state index in [0.29, 0.717) is 6.04 Å². The first kappa shape index (κ1) is 15.3. The summed E-state index contributed by atoms with van der Waals surface area (Å²) < 4.78 is 0. The van der Waals surface area contributed by atoms with Gasteiger partial charge in [-0.1, -0.05) is 42.0 Å². The third-order valence-corrected chi connectivity index (χ3v) is 3.43. The van der Waals surface area contributed by atoms with E-state index in [9.17, 15) is 4.79 Å². The van der Waals surface area contributed by atoms with Crippen LogP contribution in [0.1, 0.15) is 36.6 Å². The highest BCUT2D eigenvalue weighted by Gasteiger charge is 2.05. The molecule has 0 spiro atoms. The van der Waals surface area contributed by atoms with Gasteiger partial charge in [-0.05, 0) is 37.1 Å². The van der Waals surface area contributed by atoms with Crippen LogP contribution in [0.15, 0.2) is 48.5 Å². The van der Waals surface area contributed by atoms with Crippen LogP contribution in [0.2, 0.25) is 0 Å². The van der Waals surface area contributed by atoms with Gasteiger partial charge in [-0.2, -0.15) is 0 Å². The van der Waals surface area contributed by atoms with E-state index in [4.69, 9.17) is 0 Å². The van der Waals surface area contributed by atoms with Crippen molar-refractivity contribution in [3.8, 4) is 0 Å². The number of anilines is 1. The molecule has 21 heavy (non-hydrogen) atoms. The van der Waals surface area contributed by atoms with Crippen molar-refractivity contribution in [2.75, 3.05) is 5.32 Å². The molecule has 2 N–H and O–H groups in total. The van der Waals surface area contributed by atoms with E-state index < -0.39 is 0 Å². The second kappa shape index (κ2) is 7.04. The van der Waals surface area contributed by atoms with Gasteiger partial charge in [0.2, 0.25) is 5.91 Å². The van der Waals surface area contributed by atoms with Crippen molar-refractivity contribution in [3.05, 3.63) is 65.2 Å². The summed E-state index contributed by atoms with van der Waals surface area (Å²) in [5.41, 5.74) is 4.60. The fourth-order valence-corrected chi connectivity index (χ4v) is 2.24. The van der Waals surface area contributed by atoms with Crippen LogP contribution in [0, 0.1) is 6.92 Å². The van der Waals surface area contributed by atoms with Gasteiger partial charge in [0, 0.05) is 25.2 Å². The summed E-state index contributed by atoms with van der Waals surface area (Å²) in [6.45, 7) is 6.59. The average molecular weight is 282 g/mol. The molecule has 0 unspecified atom stereocenters. The number of rotatable bonds is 5. The van der Waals surface area contributed by atoms with Crippen molar-refractivity contribution in [2.45, 2.75) is 33.4 Å². The normalized spacial score (nSPS) is 12.0. The highest BCUT2D eigenvalue weighted by Crippen LogP contribution is 2.15. The molecule has 0 saturated carbocycles. The second-order valence-corrected chi connectivity index (χ2v) is 5.39. The summed E-state index contributed by atoms with van der Waals surface area (Å²) in [4.78, 5) is 11.0. The number of hydrogen-bond donors (Lipinski definition) is 2. The molecule has 0 saturated heterocycles. The molecule has 0 radical (unpaired) electrons. The number of carbonyl (C=O) groups excluding carboxylic acids is 1. The summed E-state index contributed by atoms with van der Waals surface area (Å²) >= 11 is 0. The molecule has 0 aliphatic heterocycles. The van der Waals surface area contributed by atoms with Crippen LogP contribution in [0.4, 0.5) is 5.69 Å². The molecular weight excluding hydrogens is 260 g/mol. The van der Waals surface area contributed by atoms with Gasteiger partial charge in [0.25, 0.3) is 0 Å². The van der Waals surface area contributed by atoms with Gasteiger partial charge < -0.3 is 10.6 Å². The highest BCUT2D eigenvalue weighted by molar-refractivity contribution is 5.88. The van der Waals surface area contributed by atoms with Gasteiger partial charge in [-0.25, -0.2) is 0 Å². The predicted molar refractivity (Wildman–Crippen MR) is 87.2 cm³/mol. The van der Waals surface area contributed by atoms with Gasteiger partial charge >= 0.3 is 0 Å². The van der Waals surface area contributed by atoms with Gasteiger partial charge in [-0.3, -0.25) is 4.79 Å². The summed E-state index contributed by atoms with van der Waals surface area (Å²) in [5.74, 6) is -0.0473. The van der Waals surface area contributed by atoms with E-state index in [1.807, 2.05) is 24.3 Å². The van der Waals surface area contributed by atoms with Crippen LogP contribution >= 0.6 is 0 Å². The fraction of sp³-hybridized carbons (Fsp3) is 0.278. The van der Waals surface area contributed by atoms with Gasteiger partial charge in [0.15, 0.2) is 0 Å². The maximum absolute atomic E-state index is 11.0. The zero-order valence-electron chi connectivity index (χ0n) is 12.8. The maximum atomic E-state index is 11.0. The number of amides is 1. The number of aryl methyl sites for hydroxylation is 1. The molecule has 110 valence electrons. The lowest BCUT2D eigenvalue weighted by Crippen LogP contribution is -2.18. The SMILES string of the molecule is CC(=O)Nc1ccc(CN[C@@H](C)c2cccc(C)c2)cc1. The quantitative estimate of drug-likeness (QED) is 0.875. The average Bonchev–Trinajstić information content (AvgIpc) is 2.45. The van der Waals surface area contributed by atoms with Crippen LogP contribution in [0.5, 0.6) is 0 Å². The highest BCUT2D eigenvalue weighted by atomic mass is 16.1. The Labute approximate surface area is 126 Å². The monoisotopic (exact) mass is 282 g/mol. The van der Waals surface area contributed by atoms with Gasteiger partial charge in [0.05, 0.1) is 0 Å². The number of nitrogens with one attached hydrogen (secondary N) is 2. The summed E-state index contributed by atoms with van der Waals surface area (Å²) in [6.07, 6.45) is 0. The van der Waals surface area contributed by atoms with Crippen molar-refractivity contribution >= 4 is 11.6 Å². The standard InChI is InChI=1S/C18H22N2O/c1-13-5-4-6-17(11-13)14(2)19-12-16-7-9-18(10-8-16)20-15(3)21/h4-11,14,19H,12H2,1-3H3,(H,20,21)/t14-/m0/s1. The molecule has 0 aliphatic rings. The fourth-order valence-electron chi connectivity index (χ4n) is 2.24. The van der Waals surface area contributed by atoms with Crippen molar-refractivity contribution in [3.63, 3.8) is 0 Å². The van der Waals surface area contributed by atoms with Gasteiger partial charge in [0.1, 0.15) is 0 Å². The van der Waals surface area contributed by atoms with Crippen LogP contribution in [-0.4, -0.2) is 5.91 Å². The van der Waals surface area contributed by atoms with Crippen molar-refractivity contribution < 1.29 is 4.79 Å². The number of benzene rings is 2. The first-order chi connectivity index (χ1) is 10.0. The Morgan fingerprint density at radius 1 is 1.14 bits per heavy atom. The summed E-state index contributed by atoms with van der Waals surface area (Å²) in [7, 11) is 0. The van der Waals surface area contributed by atoms with Crippen LogP contribution in [0.25, 0.3) is 0 Å². The van der Waals surface area contributed by atoms with Gasteiger partial charge in [-0.15, -0.1) is 0 Å². The molecule has 1 atom stereocenters. The second-order valence-electron chi connectivity index (χ2n) is 5.39. The Hall–Kier alpha value is -2.13. The third kappa shape index (κ3) is 4.72. The van der Waals surface area contributed by atoms with Crippen molar-refractivity contribution in [1.29, 1.82) is 0 Å². The van der Waals surface area contributed by atoms with E-state index in [1.54, 1.807) is 0 Å². The van der Waals surface area contributed by atoms with Crippen molar-refractivity contribution in [1.82, 2.24) is 5.32 Å². The van der Waals surface area contributed by atoms with Crippen LogP contribution in [0.3, 0.4) is 0 Å². The lowest BCUT2D eigenvalue weighted by atomic mass is 10.1. The molecule has 3 nitrogen and oxygen atoms in total. The molecule has 3 heteroatoms. The van der Waals surface area contributed by atoms with Crippen molar-refractivity contribution in [2.24, 2.45) is 0 Å². The Bertz CT molecular complexity index is 605. The first-order valence-electron chi connectivity index (χ1n) is 7.21. The first-order valence-corrected chi connectivity index (χ1v) is 7.21. The van der Waals surface area contributed by atoms with E-state index in [1.165, 1.54) is 23.6 Å². The minimum Gasteiger partial charge on any atom is -0.326 e. The molecular formula is C18H22N2O. The largest absolute Gasteiger partial charge is 0.326 e. The Kier molecular flexibility index (Phi) is 5.12. The number of carbonyl (C=O) groups is 1. The zero-order chi connectivity index (χ0) is 15.2. The van der Waals surface area contributed by atoms with Crippen LogP contribution < -0.4 is 10.6 Å². The van der Waals surface area contributed by atoms with Crippen LogP contribution in [-0.2, 0) is 11.3 Å². The minimum atomic E-state index is -0.0473. The molecule has 1 amide bonds. The van der Waals surface area contributed by atoms with E-state index in [-0.39, 0.29) is 5.91 Å². The smallest absolute Gasteiger partial charge is 0.221 e. The summed E-state index contributed by atoms with van der Waals surface area (Å²) in [5, 5.41) is 6.28.